The molecule has 0 spiro atoms. The summed E-state index contributed by atoms with van der Waals surface area (Å²) in [7, 11) is 3.83. The second-order valence-electron chi connectivity index (χ2n) is 6.20. The van der Waals surface area contributed by atoms with Gasteiger partial charge in [-0.1, -0.05) is 25.7 Å². The number of amides is 1. The van der Waals surface area contributed by atoms with Gasteiger partial charge in [0.25, 0.3) is 0 Å². The molecule has 0 aliphatic heterocycles. The van der Waals surface area contributed by atoms with Gasteiger partial charge < -0.3 is 15.3 Å². The van der Waals surface area contributed by atoms with Crippen LogP contribution in [0.2, 0.25) is 0 Å². The Kier molecular flexibility index (Phi) is 6.09. The number of rotatable bonds is 7. The fourth-order valence-corrected chi connectivity index (χ4v) is 2.75. The first kappa shape index (κ1) is 15.4. The third kappa shape index (κ3) is 6.36. The third-order valence-electron chi connectivity index (χ3n) is 3.58. The number of aliphatic hydroxyl groups is 1. The summed E-state index contributed by atoms with van der Waals surface area (Å²) < 4.78 is 0. The lowest BCUT2D eigenvalue weighted by Crippen LogP contribution is -2.47. The molecule has 1 saturated carbocycles. The molecule has 4 nitrogen and oxygen atoms in total. The first-order valence-corrected chi connectivity index (χ1v) is 7.03. The summed E-state index contributed by atoms with van der Waals surface area (Å²) in [6.07, 6.45) is 6.81. The summed E-state index contributed by atoms with van der Waals surface area (Å²) in [5.41, 5.74) is -0.855. The predicted octanol–water partition coefficient (Wildman–Crippen LogP) is 1.39. The summed E-state index contributed by atoms with van der Waals surface area (Å²) in [6.45, 7) is 2.63. The predicted molar refractivity (Wildman–Crippen MR) is 73.4 cm³/mol. The fraction of sp³-hybridized carbons (Fsp3) is 0.929. The molecule has 0 radical (unpaired) electrons. The van der Waals surface area contributed by atoms with Crippen LogP contribution >= 0.6 is 0 Å². The first-order valence-electron chi connectivity index (χ1n) is 7.03. The van der Waals surface area contributed by atoms with E-state index in [0.29, 0.717) is 19.5 Å². The minimum Gasteiger partial charge on any atom is -0.387 e. The molecule has 1 atom stereocenters. The van der Waals surface area contributed by atoms with Gasteiger partial charge in [0, 0.05) is 19.5 Å². The molecule has 106 valence electrons. The van der Waals surface area contributed by atoms with Crippen molar-refractivity contribution >= 4 is 5.91 Å². The van der Waals surface area contributed by atoms with Gasteiger partial charge in [0.2, 0.25) is 5.91 Å². The number of hydrogen-bond donors (Lipinski definition) is 2. The number of likely N-dealkylation sites (N-methyl/N-ethyl adjacent to an activating group) is 1. The highest BCUT2D eigenvalue weighted by atomic mass is 16.3. The molecule has 0 heterocycles. The van der Waals surface area contributed by atoms with Gasteiger partial charge in [-0.3, -0.25) is 4.79 Å². The number of nitrogens with one attached hydrogen (secondary N) is 1. The first-order chi connectivity index (χ1) is 8.39. The molecule has 1 aliphatic rings. The maximum atomic E-state index is 11.7. The molecule has 0 bridgehead atoms. The summed E-state index contributed by atoms with van der Waals surface area (Å²) in [6, 6.07) is 0. The topological polar surface area (TPSA) is 52.6 Å². The molecule has 1 fully saturated rings. The van der Waals surface area contributed by atoms with Crippen molar-refractivity contribution in [3.05, 3.63) is 0 Å². The van der Waals surface area contributed by atoms with Crippen LogP contribution in [0.1, 0.15) is 45.4 Å². The van der Waals surface area contributed by atoms with Crippen LogP contribution in [-0.2, 0) is 4.79 Å². The second-order valence-corrected chi connectivity index (χ2v) is 6.20. The lowest BCUT2D eigenvalue weighted by atomic mass is 10.0. The van der Waals surface area contributed by atoms with E-state index in [1.165, 1.54) is 25.7 Å². The maximum absolute atomic E-state index is 11.7. The van der Waals surface area contributed by atoms with Crippen molar-refractivity contribution in [1.82, 2.24) is 10.2 Å². The Bertz CT molecular complexity index is 259. The SMILES string of the molecule is CN(C)CC(C)(O)CNC(=O)CCC1CCCC1. The maximum Gasteiger partial charge on any atom is 0.220 e. The van der Waals surface area contributed by atoms with Gasteiger partial charge in [0.15, 0.2) is 0 Å². The lowest BCUT2D eigenvalue weighted by Gasteiger charge is -2.27. The van der Waals surface area contributed by atoms with E-state index in [1.54, 1.807) is 6.92 Å². The van der Waals surface area contributed by atoms with E-state index in [9.17, 15) is 9.90 Å². The van der Waals surface area contributed by atoms with Crippen LogP contribution < -0.4 is 5.32 Å². The Morgan fingerprint density at radius 1 is 1.39 bits per heavy atom. The highest BCUT2D eigenvalue weighted by Gasteiger charge is 2.22. The molecule has 0 aromatic carbocycles. The van der Waals surface area contributed by atoms with Crippen LogP contribution in [0.3, 0.4) is 0 Å². The molecule has 0 aromatic heterocycles. The second kappa shape index (κ2) is 7.10. The summed E-state index contributed by atoms with van der Waals surface area (Å²) >= 11 is 0. The highest BCUT2D eigenvalue weighted by molar-refractivity contribution is 5.75. The van der Waals surface area contributed by atoms with Gasteiger partial charge >= 0.3 is 0 Å². The Labute approximate surface area is 111 Å². The van der Waals surface area contributed by atoms with Gasteiger partial charge in [-0.2, -0.15) is 0 Å². The highest BCUT2D eigenvalue weighted by Crippen LogP contribution is 2.28. The Morgan fingerprint density at radius 3 is 2.56 bits per heavy atom. The van der Waals surface area contributed by atoms with Crippen molar-refractivity contribution in [3.63, 3.8) is 0 Å². The van der Waals surface area contributed by atoms with Crippen LogP contribution in [0, 0.1) is 5.92 Å². The van der Waals surface area contributed by atoms with Crippen molar-refractivity contribution in [2.24, 2.45) is 5.92 Å². The van der Waals surface area contributed by atoms with E-state index in [2.05, 4.69) is 5.32 Å². The average Bonchev–Trinajstić information content (AvgIpc) is 2.74. The van der Waals surface area contributed by atoms with E-state index in [-0.39, 0.29) is 5.91 Å². The van der Waals surface area contributed by atoms with E-state index >= 15 is 0 Å². The minimum atomic E-state index is -0.855. The molecule has 0 aromatic rings. The van der Waals surface area contributed by atoms with Gasteiger partial charge in [0.1, 0.15) is 0 Å². The van der Waals surface area contributed by atoms with Crippen molar-refractivity contribution in [1.29, 1.82) is 0 Å². The molecule has 1 rings (SSSR count). The van der Waals surface area contributed by atoms with Crippen LogP contribution in [0.15, 0.2) is 0 Å². The number of hydrogen-bond acceptors (Lipinski definition) is 3. The molecule has 1 unspecified atom stereocenters. The fourth-order valence-electron chi connectivity index (χ4n) is 2.75. The van der Waals surface area contributed by atoms with Crippen molar-refractivity contribution in [2.75, 3.05) is 27.2 Å². The molecular formula is C14H28N2O2. The number of carbonyl (C=O) groups is 1. The quantitative estimate of drug-likeness (QED) is 0.723. The van der Waals surface area contributed by atoms with Crippen molar-refractivity contribution in [2.45, 2.75) is 51.0 Å². The lowest BCUT2D eigenvalue weighted by molar-refractivity contribution is -0.122. The van der Waals surface area contributed by atoms with Crippen molar-refractivity contribution < 1.29 is 9.90 Å². The van der Waals surface area contributed by atoms with Crippen LogP contribution in [0.5, 0.6) is 0 Å². The van der Waals surface area contributed by atoms with Gasteiger partial charge in [-0.25, -0.2) is 0 Å². The molecule has 4 heteroatoms. The van der Waals surface area contributed by atoms with Gasteiger partial charge in [-0.05, 0) is 33.4 Å². The third-order valence-corrected chi connectivity index (χ3v) is 3.58. The minimum absolute atomic E-state index is 0.0703. The normalized spacial score (nSPS) is 20.1. The monoisotopic (exact) mass is 256 g/mol. The van der Waals surface area contributed by atoms with Crippen molar-refractivity contribution in [3.8, 4) is 0 Å². The van der Waals surface area contributed by atoms with E-state index in [0.717, 1.165) is 12.3 Å². The van der Waals surface area contributed by atoms with Gasteiger partial charge in [-0.15, -0.1) is 0 Å². The molecule has 18 heavy (non-hydrogen) atoms. The molecule has 1 aliphatic carbocycles. The van der Waals surface area contributed by atoms with E-state index < -0.39 is 5.60 Å². The van der Waals surface area contributed by atoms with Crippen LogP contribution in [-0.4, -0.2) is 48.7 Å². The zero-order valence-electron chi connectivity index (χ0n) is 12.0. The zero-order chi connectivity index (χ0) is 13.6. The van der Waals surface area contributed by atoms with E-state index in [1.807, 2.05) is 19.0 Å². The number of nitrogens with zero attached hydrogens (tertiary/aromatic N) is 1. The zero-order valence-corrected chi connectivity index (χ0v) is 12.0. The Morgan fingerprint density at radius 2 is 2.00 bits per heavy atom. The largest absolute Gasteiger partial charge is 0.387 e. The molecule has 2 N–H and O–H groups in total. The van der Waals surface area contributed by atoms with E-state index in [4.69, 9.17) is 0 Å². The smallest absolute Gasteiger partial charge is 0.220 e. The standard InChI is InChI=1S/C14H28N2O2/c1-14(18,11-16(2)3)10-15-13(17)9-8-12-6-4-5-7-12/h12,18H,4-11H2,1-3H3,(H,15,17). The summed E-state index contributed by atoms with van der Waals surface area (Å²) in [4.78, 5) is 13.6. The summed E-state index contributed by atoms with van der Waals surface area (Å²) in [5.74, 6) is 0.818. The summed E-state index contributed by atoms with van der Waals surface area (Å²) in [5, 5.41) is 12.9. The Balaban J connectivity index is 2.15. The van der Waals surface area contributed by atoms with Gasteiger partial charge in [0.05, 0.1) is 5.60 Å². The van der Waals surface area contributed by atoms with Crippen LogP contribution in [0.25, 0.3) is 0 Å². The average molecular weight is 256 g/mol. The van der Waals surface area contributed by atoms with Crippen LogP contribution in [0.4, 0.5) is 0 Å². The number of carbonyl (C=O) groups excluding carboxylic acids is 1. The Hall–Kier alpha value is -0.610. The molecule has 1 amide bonds. The molecular weight excluding hydrogens is 228 g/mol. The molecule has 0 saturated heterocycles.